The predicted molar refractivity (Wildman–Crippen MR) is 87.0 cm³/mol. The number of rotatable bonds is 6. The van der Waals surface area contributed by atoms with Crippen molar-refractivity contribution in [3.05, 3.63) is 46.5 Å². The van der Waals surface area contributed by atoms with Crippen molar-refractivity contribution in [2.45, 2.75) is 44.6 Å². The largest absolute Gasteiger partial charge is 0.490 e. The first-order valence-electron chi connectivity index (χ1n) is 7.81. The maximum atomic E-state index is 12.9. The van der Waals surface area contributed by atoms with Crippen molar-refractivity contribution < 1.29 is 18.3 Å². The first kappa shape index (κ1) is 17.7. The van der Waals surface area contributed by atoms with Gasteiger partial charge in [0.25, 0.3) is 5.92 Å². The summed E-state index contributed by atoms with van der Waals surface area (Å²) in [7, 11) is 0. The number of nitrogens with zero attached hydrogens (tertiary/aromatic N) is 3. The second-order valence-corrected chi connectivity index (χ2v) is 6.57. The third kappa shape index (κ3) is 4.92. The number of pyridine rings is 1. The van der Waals surface area contributed by atoms with Gasteiger partial charge in [-0.3, -0.25) is 9.78 Å². The quantitative estimate of drug-likeness (QED) is 0.783. The van der Waals surface area contributed by atoms with Crippen LogP contribution >= 0.6 is 11.6 Å². The second kappa shape index (κ2) is 7.00. The summed E-state index contributed by atoms with van der Waals surface area (Å²) in [5.41, 5.74) is 1.72. The lowest BCUT2D eigenvalue weighted by Gasteiger charge is -2.34. The van der Waals surface area contributed by atoms with Crippen molar-refractivity contribution >= 4 is 17.4 Å². The number of hydrogen-bond acceptors (Lipinski definition) is 5. The van der Waals surface area contributed by atoms with Crippen LogP contribution < -0.4 is 4.74 Å². The van der Waals surface area contributed by atoms with Gasteiger partial charge in [0.05, 0.1) is 17.8 Å². The first-order valence-corrected chi connectivity index (χ1v) is 8.19. The smallest absolute Gasteiger partial charge is 0.255 e. The van der Waals surface area contributed by atoms with E-state index in [2.05, 4.69) is 15.2 Å². The molecule has 0 bridgehead atoms. The molecule has 3 rings (SSSR count). The van der Waals surface area contributed by atoms with Gasteiger partial charge < -0.3 is 4.74 Å². The lowest BCUT2D eigenvalue weighted by molar-refractivity contribution is -0.134. The van der Waals surface area contributed by atoms with Gasteiger partial charge in [0, 0.05) is 37.1 Å². The molecule has 25 heavy (non-hydrogen) atoms. The number of carbonyl (C=O) groups excluding carboxylic acids is 1. The number of halogens is 3. The zero-order valence-corrected chi connectivity index (χ0v) is 14.3. The van der Waals surface area contributed by atoms with E-state index < -0.39 is 12.0 Å². The maximum absolute atomic E-state index is 12.9. The molecular weight excluding hydrogens is 352 g/mol. The van der Waals surface area contributed by atoms with Gasteiger partial charge in [0.15, 0.2) is 5.15 Å². The van der Waals surface area contributed by atoms with E-state index in [9.17, 15) is 13.6 Å². The Morgan fingerprint density at radius 2 is 1.96 bits per heavy atom. The number of hydrogen-bond donors (Lipinski definition) is 0. The molecule has 1 aliphatic carbocycles. The summed E-state index contributed by atoms with van der Waals surface area (Å²) in [4.78, 5) is 16.5. The molecule has 0 amide bonds. The highest BCUT2D eigenvalue weighted by molar-refractivity contribution is 6.29. The molecule has 1 fully saturated rings. The molecule has 0 aromatic carbocycles. The van der Waals surface area contributed by atoms with E-state index in [0.717, 1.165) is 0 Å². The monoisotopic (exact) mass is 367 g/mol. The molecule has 0 N–H and O–H groups in total. The molecule has 0 aliphatic heterocycles. The number of alkyl halides is 2. The highest BCUT2D eigenvalue weighted by Gasteiger charge is 2.47. The van der Waals surface area contributed by atoms with E-state index in [1.807, 2.05) is 0 Å². The van der Waals surface area contributed by atoms with Crippen LogP contribution in [-0.2, 0) is 17.6 Å². The minimum absolute atomic E-state index is 0.0872. The summed E-state index contributed by atoms with van der Waals surface area (Å²) in [6.07, 6.45) is -0.839. The molecule has 1 saturated carbocycles. The average molecular weight is 368 g/mol. The fourth-order valence-corrected chi connectivity index (χ4v) is 2.75. The molecule has 2 aromatic rings. The lowest BCUT2D eigenvalue weighted by Crippen LogP contribution is -2.43. The molecule has 1 aliphatic rings. The Kier molecular flexibility index (Phi) is 4.94. The predicted octanol–water partition coefficient (Wildman–Crippen LogP) is 3.36. The van der Waals surface area contributed by atoms with Crippen molar-refractivity contribution in [3.63, 3.8) is 0 Å². The number of ketones is 1. The summed E-state index contributed by atoms with van der Waals surface area (Å²) >= 11 is 5.66. The number of ether oxygens (including phenoxy) is 1. The average Bonchev–Trinajstić information content (AvgIpc) is 2.47. The van der Waals surface area contributed by atoms with E-state index in [4.69, 9.17) is 16.3 Å². The van der Waals surface area contributed by atoms with Gasteiger partial charge in [0.1, 0.15) is 17.6 Å². The zero-order chi connectivity index (χ0) is 18.0. The van der Waals surface area contributed by atoms with Gasteiger partial charge in [-0.05, 0) is 19.1 Å². The third-order valence-electron chi connectivity index (χ3n) is 3.78. The summed E-state index contributed by atoms with van der Waals surface area (Å²) in [5.74, 6) is -2.26. The van der Waals surface area contributed by atoms with Crippen LogP contribution in [0.1, 0.15) is 29.9 Å². The van der Waals surface area contributed by atoms with E-state index in [1.54, 1.807) is 31.2 Å². The molecule has 2 heterocycles. The van der Waals surface area contributed by atoms with Gasteiger partial charge in [-0.2, -0.15) is 5.10 Å². The molecular formula is C17H16ClF2N3O2. The van der Waals surface area contributed by atoms with E-state index in [-0.39, 0.29) is 36.6 Å². The summed E-state index contributed by atoms with van der Waals surface area (Å²) in [5, 5.41) is 7.81. The first-order chi connectivity index (χ1) is 11.8. The zero-order valence-electron chi connectivity index (χ0n) is 13.5. The second-order valence-electron chi connectivity index (χ2n) is 6.18. The Morgan fingerprint density at radius 1 is 1.24 bits per heavy atom. The Hall–Kier alpha value is -2.15. The van der Waals surface area contributed by atoms with Crippen LogP contribution in [0.4, 0.5) is 8.78 Å². The standard InChI is InChI=1S/C17H16ClF2N3O2/c1-10-4-14(25-15-8-17(19,20)9-15)7-12(21-10)6-13(24)5-11-2-3-16(18)23-22-11/h2-4,7,15H,5-6,8-9H2,1H3. The third-order valence-corrected chi connectivity index (χ3v) is 3.98. The van der Waals surface area contributed by atoms with Crippen LogP contribution in [0.5, 0.6) is 5.75 Å². The minimum Gasteiger partial charge on any atom is -0.490 e. The fourth-order valence-electron chi connectivity index (χ4n) is 2.65. The lowest BCUT2D eigenvalue weighted by atomic mass is 9.91. The van der Waals surface area contributed by atoms with Crippen molar-refractivity contribution in [2.75, 3.05) is 0 Å². The van der Waals surface area contributed by atoms with Crippen LogP contribution in [-0.4, -0.2) is 33.0 Å². The molecule has 5 nitrogen and oxygen atoms in total. The van der Waals surface area contributed by atoms with E-state index in [0.29, 0.717) is 22.8 Å². The van der Waals surface area contributed by atoms with Crippen molar-refractivity contribution in [1.29, 1.82) is 0 Å². The Labute approximate surface area is 148 Å². The summed E-state index contributed by atoms with van der Waals surface area (Å²) < 4.78 is 31.3. The van der Waals surface area contributed by atoms with Crippen LogP contribution in [0.2, 0.25) is 5.15 Å². The van der Waals surface area contributed by atoms with Crippen LogP contribution in [0.15, 0.2) is 24.3 Å². The number of Topliss-reactive ketones (excluding diaryl/α,β-unsaturated/α-hetero) is 1. The Balaban J connectivity index is 1.61. The molecule has 0 radical (unpaired) electrons. The highest BCUT2D eigenvalue weighted by atomic mass is 35.5. The van der Waals surface area contributed by atoms with Gasteiger partial charge >= 0.3 is 0 Å². The molecule has 132 valence electrons. The molecule has 0 saturated heterocycles. The fraction of sp³-hybridized carbons (Fsp3) is 0.412. The van der Waals surface area contributed by atoms with E-state index in [1.165, 1.54) is 0 Å². The van der Waals surface area contributed by atoms with Crippen molar-refractivity contribution in [2.24, 2.45) is 0 Å². The number of aryl methyl sites for hydroxylation is 1. The van der Waals surface area contributed by atoms with E-state index >= 15 is 0 Å². The van der Waals surface area contributed by atoms with Gasteiger partial charge in [-0.15, -0.1) is 5.10 Å². The topological polar surface area (TPSA) is 65.0 Å². The van der Waals surface area contributed by atoms with Gasteiger partial charge in [0.2, 0.25) is 0 Å². The van der Waals surface area contributed by atoms with Crippen molar-refractivity contribution in [3.8, 4) is 5.75 Å². The van der Waals surface area contributed by atoms with Gasteiger partial charge in [-0.25, -0.2) is 8.78 Å². The van der Waals surface area contributed by atoms with Crippen LogP contribution in [0, 0.1) is 6.92 Å². The highest BCUT2D eigenvalue weighted by Crippen LogP contribution is 2.39. The maximum Gasteiger partial charge on any atom is 0.255 e. The molecule has 0 spiro atoms. The Morgan fingerprint density at radius 3 is 2.60 bits per heavy atom. The van der Waals surface area contributed by atoms with Crippen molar-refractivity contribution in [1.82, 2.24) is 15.2 Å². The molecule has 0 atom stereocenters. The SMILES string of the molecule is Cc1cc(OC2CC(F)(F)C2)cc(CC(=O)Cc2ccc(Cl)nn2)n1. The van der Waals surface area contributed by atoms with Gasteiger partial charge in [-0.1, -0.05) is 11.6 Å². The summed E-state index contributed by atoms with van der Waals surface area (Å²) in [6, 6.07) is 6.51. The molecule has 2 aromatic heterocycles. The summed E-state index contributed by atoms with van der Waals surface area (Å²) in [6.45, 7) is 1.76. The normalized spacial score (nSPS) is 16.3. The minimum atomic E-state index is -2.63. The number of aromatic nitrogens is 3. The Bertz CT molecular complexity index is 776. The van der Waals surface area contributed by atoms with Crippen LogP contribution in [0.3, 0.4) is 0 Å². The number of carbonyl (C=O) groups is 1. The molecule has 0 unspecified atom stereocenters. The molecule has 8 heteroatoms. The van der Waals surface area contributed by atoms with Crippen LogP contribution in [0.25, 0.3) is 0 Å².